The fourth-order valence-corrected chi connectivity index (χ4v) is 3.27. The van der Waals surface area contributed by atoms with Crippen molar-refractivity contribution in [3.63, 3.8) is 0 Å². The number of fused-ring (bicyclic) bond motifs is 4. The molecule has 0 saturated carbocycles. The summed E-state index contributed by atoms with van der Waals surface area (Å²) in [4.78, 5) is 0. The van der Waals surface area contributed by atoms with E-state index in [9.17, 15) is 0 Å². The summed E-state index contributed by atoms with van der Waals surface area (Å²) in [6.07, 6.45) is 7.21. The summed E-state index contributed by atoms with van der Waals surface area (Å²) >= 11 is 0. The second kappa shape index (κ2) is 6.55. The number of hydrogen-bond donors (Lipinski definition) is 0. The molecule has 4 rings (SSSR count). The molecule has 0 radical (unpaired) electrons. The van der Waals surface area contributed by atoms with Gasteiger partial charge in [0.1, 0.15) is 0 Å². The van der Waals surface area contributed by atoms with Crippen LogP contribution in [0.5, 0.6) is 0 Å². The first-order valence-electron chi connectivity index (χ1n) is 7.59. The van der Waals surface area contributed by atoms with Crippen molar-refractivity contribution in [2.45, 2.75) is 38.5 Å². The Morgan fingerprint density at radius 1 is 0.783 bits per heavy atom. The molecule has 1 aromatic heterocycles. The van der Waals surface area contributed by atoms with Crippen LogP contribution in [0.2, 0.25) is 0 Å². The van der Waals surface area contributed by atoms with Crippen LogP contribution < -0.4 is 18.6 Å². The van der Waals surface area contributed by atoms with Gasteiger partial charge < -0.3 is 0 Å². The van der Waals surface area contributed by atoms with Gasteiger partial charge in [-0.15, -0.1) is 10.2 Å². The van der Waals surface area contributed by atoms with Crippen molar-refractivity contribution in [2.75, 3.05) is 0 Å². The van der Waals surface area contributed by atoms with E-state index in [2.05, 4.69) is 30.3 Å². The average Bonchev–Trinajstić information content (AvgIpc) is 2.66. The van der Waals surface area contributed by atoms with E-state index in [4.69, 9.17) is 23.1 Å². The highest BCUT2D eigenvalue weighted by molar-refractivity contribution is 5.75. The summed E-state index contributed by atoms with van der Waals surface area (Å²) in [5.74, 6) is 2.43. The van der Waals surface area contributed by atoms with E-state index in [1.165, 1.54) is 59.5 Å². The average molecular weight is 337 g/mol. The minimum atomic E-state index is -4.94. The van der Waals surface area contributed by atoms with Crippen molar-refractivity contribution in [2.24, 2.45) is 0 Å². The Balaban J connectivity index is 0.000000276. The molecule has 5 nitrogen and oxygen atoms in total. The normalized spacial score (nSPS) is 15.7. The highest BCUT2D eigenvalue weighted by Crippen LogP contribution is 2.39. The molecular weight excluding hydrogens is 320 g/mol. The van der Waals surface area contributed by atoms with Crippen LogP contribution in [-0.4, -0.2) is 0 Å². The Labute approximate surface area is 136 Å². The zero-order chi connectivity index (χ0) is 16.4. The van der Waals surface area contributed by atoms with Crippen molar-refractivity contribution >= 4 is 0 Å². The largest absolute Gasteiger partial charge is 0.341 e. The molecule has 0 unspecified atom stereocenters. The maximum atomic E-state index is 8.49. The van der Waals surface area contributed by atoms with Crippen molar-refractivity contribution in [3.05, 3.63) is 53.0 Å². The lowest BCUT2D eigenvalue weighted by Gasteiger charge is -2.17. The predicted molar refractivity (Wildman–Crippen MR) is 72.6 cm³/mol. The topological polar surface area (TPSA) is 104 Å². The molecule has 0 saturated heterocycles. The van der Waals surface area contributed by atoms with Gasteiger partial charge >= 0.3 is 11.5 Å². The van der Waals surface area contributed by atoms with Crippen LogP contribution in [0.1, 0.15) is 41.9 Å². The third kappa shape index (κ3) is 4.07. The zero-order valence-electron chi connectivity index (χ0n) is 12.5. The highest BCUT2D eigenvalue weighted by atomic mass is 35.7. The lowest BCUT2D eigenvalue weighted by Crippen LogP contribution is -2.68. The SMILES string of the molecule is [O-][Cl+3]([O-])([O-])[O-].c1ccc2c(c1)Cc1[o+]c3c(cc1-2)CCCCC3. The molecule has 0 N–H and O–H groups in total. The minimum Gasteiger partial charge on any atom is -0.222 e. The van der Waals surface area contributed by atoms with Gasteiger partial charge in [0, 0.05) is 0 Å². The number of halogens is 1. The molecule has 23 heavy (non-hydrogen) atoms. The molecule has 1 heterocycles. The fourth-order valence-electron chi connectivity index (χ4n) is 3.27. The van der Waals surface area contributed by atoms with Crippen LogP contribution in [0.15, 0.2) is 34.7 Å². The molecule has 0 spiro atoms. The Morgan fingerprint density at radius 3 is 2.26 bits per heavy atom. The van der Waals surface area contributed by atoms with Crippen LogP contribution in [0.25, 0.3) is 11.1 Å². The first-order valence-corrected chi connectivity index (χ1v) is 8.83. The van der Waals surface area contributed by atoms with Gasteiger partial charge in [0.2, 0.25) is 0 Å². The van der Waals surface area contributed by atoms with Crippen molar-refractivity contribution in [3.8, 4) is 11.1 Å². The number of aryl methyl sites for hydroxylation is 2. The Bertz CT molecular complexity index is 703. The van der Waals surface area contributed by atoms with E-state index in [1.54, 1.807) is 0 Å². The molecular formula is C17H17ClO5. The van der Waals surface area contributed by atoms with E-state index in [1.807, 2.05) is 0 Å². The summed E-state index contributed by atoms with van der Waals surface area (Å²) in [6, 6.07) is 11.1. The van der Waals surface area contributed by atoms with Crippen molar-refractivity contribution < 1.29 is 33.3 Å². The van der Waals surface area contributed by atoms with Crippen molar-refractivity contribution in [1.82, 2.24) is 0 Å². The van der Waals surface area contributed by atoms with Gasteiger partial charge in [-0.05, 0) is 36.5 Å². The van der Waals surface area contributed by atoms with Gasteiger partial charge in [-0.1, -0.05) is 30.7 Å². The highest BCUT2D eigenvalue weighted by Gasteiger charge is 2.31. The molecule has 2 aromatic rings. The van der Waals surface area contributed by atoms with Crippen LogP contribution in [0, 0.1) is 10.2 Å². The van der Waals surface area contributed by atoms with Gasteiger partial charge in [0.25, 0.3) is 0 Å². The zero-order valence-corrected chi connectivity index (χ0v) is 13.3. The Kier molecular flexibility index (Phi) is 4.66. The lowest BCUT2D eigenvalue weighted by molar-refractivity contribution is -2.00. The monoisotopic (exact) mass is 336 g/mol. The number of hydrogen-bond acceptors (Lipinski definition) is 4. The molecule has 1 aromatic carbocycles. The van der Waals surface area contributed by atoms with E-state index in [0.717, 1.165) is 12.8 Å². The molecule has 2 aliphatic carbocycles. The van der Waals surface area contributed by atoms with Gasteiger partial charge in [-0.2, -0.15) is 0 Å². The van der Waals surface area contributed by atoms with Gasteiger partial charge in [-0.3, -0.25) is 0 Å². The first kappa shape index (κ1) is 16.4. The standard InChI is InChI=1S/C17H17O.ClHO4/c1-2-7-13-10-15-14-8-5-4-6-12(14)11-17(15)18-16(13)9-3-1;2-1(3,4)5/h4-6,8,10H,1-3,7,9,11H2;(H,2,3,4,5)/q+1;/p-1. The summed E-state index contributed by atoms with van der Waals surface area (Å²) < 4.78 is 40.2. The fraction of sp³-hybridized carbons (Fsp3) is 0.353. The van der Waals surface area contributed by atoms with E-state index in [-0.39, 0.29) is 0 Å². The van der Waals surface area contributed by atoms with Gasteiger partial charge in [-0.25, -0.2) is 23.1 Å². The number of rotatable bonds is 0. The van der Waals surface area contributed by atoms with Crippen molar-refractivity contribution in [1.29, 1.82) is 0 Å². The summed E-state index contributed by atoms with van der Waals surface area (Å²) in [5, 5.41) is 0. The smallest absolute Gasteiger partial charge is 0.222 e. The Morgan fingerprint density at radius 2 is 1.48 bits per heavy atom. The minimum absolute atomic E-state index is 0.971. The third-order valence-electron chi connectivity index (χ3n) is 4.23. The predicted octanol–water partition coefficient (Wildman–Crippen LogP) is -0.355. The van der Waals surface area contributed by atoms with E-state index in [0.29, 0.717) is 0 Å². The molecule has 0 bridgehead atoms. The second-order valence-corrected chi connectivity index (χ2v) is 6.56. The second-order valence-electron chi connectivity index (χ2n) is 5.80. The molecule has 0 fully saturated rings. The maximum Gasteiger partial charge on any atom is 0.341 e. The maximum absolute atomic E-state index is 8.49. The lowest BCUT2D eigenvalue weighted by atomic mass is 10.0. The van der Waals surface area contributed by atoms with Crippen LogP contribution in [-0.2, 0) is 19.3 Å². The molecule has 2 aliphatic rings. The van der Waals surface area contributed by atoms with Gasteiger partial charge in [0.15, 0.2) is 0 Å². The summed E-state index contributed by atoms with van der Waals surface area (Å²) in [6.45, 7) is 0. The molecule has 0 aliphatic heterocycles. The molecule has 0 amide bonds. The molecule has 6 heteroatoms. The number of benzene rings is 1. The van der Waals surface area contributed by atoms with Crippen LogP contribution in [0.4, 0.5) is 0 Å². The van der Waals surface area contributed by atoms with E-state index < -0.39 is 10.2 Å². The quantitative estimate of drug-likeness (QED) is 0.412. The molecule has 122 valence electrons. The van der Waals surface area contributed by atoms with Gasteiger partial charge in [0.05, 0.1) is 24.0 Å². The van der Waals surface area contributed by atoms with E-state index >= 15 is 0 Å². The van der Waals surface area contributed by atoms with Crippen LogP contribution in [0.3, 0.4) is 0 Å². The van der Waals surface area contributed by atoms with Crippen LogP contribution >= 0.6 is 0 Å². The Hall–Kier alpha value is -1.50. The molecule has 0 atom stereocenters. The summed E-state index contributed by atoms with van der Waals surface area (Å²) in [7, 11) is -4.94. The summed E-state index contributed by atoms with van der Waals surface area (Å²) in [5.41, 5.74) is 5.58. The first-order chi connectivity index (χ1) is 10.9. The third-order valence-corrected chi connectivity index (χ3v) is 4.23.